The second kappa shape index (κ2) is 8.79. The topological polar surface area (TPSA) is 81.7 Å². The summed E-state index contributed by atoms with van der Waals surface area (Å²) in [6.45, 7) is 6.45. The lowest BCUT2D eigenvalue weighted by atomic mass is 10.0. The molecule has 1 saturated heterocycles. The lowest BCUT2D eigenvalue weighted by Gasteiger charge is -2.35. The van der Waals surface area contributed by atoms with Gasteiger partial charge in [0.2, 0.25) is 0 Å². The van der Waals surface area contributed by atoms with Crippen molar-refractivity contribution in [3.8, 4) is 0 Å². The normalized spacial score (nSPS) is 17.5. The number of piperidine rings is 1. The van der Waals surface area contributed by atoms with Crippen molar-refractivity contribution in [2.24, 2.45) is 0 Å². The van der Waals surface area contributed by atoms with Crippen molar-refractivity contribution in [3.63, 3.8) is 0 Å². The van der Waals surface area contributed by atoms with Crippen molar-refractivity contribution < 1.29 is 14.7 Å². The van der Waals surface area contributed by atoms with Gasteiger partial charge in [-0.05, 0) is 38.8 Å². The van der Waals surface area contributed by atoms with E-state index in [1.54, 1.807) is 0 Å². The van der Waals surface area contributed by atoms with Gasteiger partial charge in [0.25, 0.3) is 0 Å². The predicted molar refractivity (Wildman–Crippen MR) is 77.8 cm³/mol. The summed E-state index contributed by atoms with van der Waals surface area (Å²) in [5.41, 5.74) is 0. The fourth-order valence-electron chi connectivity index (χ4n) is 2.59. The number of carboxylic acids is 1. The highest BCUT2D eigenvalue weighted by Gasteiger charge is 2.27. The van der Waals surface area contributed by atoms with E-state index in [1.807, 2.05) is 18.7 Å². The number of urea groups is 1. The third-order valence-electron chi connectivity index (χ3n) is 3.65. The maximum Gasteiger partial charge on any atom is 0.326 e. The molecule has 2 amide bonds. The van der Waals surface area contributed by atoms with E-state index in [2.05, 4.69) is 10.6 Å². The van der Waals surface area contributed by atoms with Crippen LogP contribution in [0.2, 0.25) is 0 Å². The Labute approximate surface area is 120 Å². The lowest BCUT2D eigenvalue weighted by molar-refractivity contribution is -0.139. The van der Waals surface area contributed by atoms with E-state index in [4.69, 9.17) is 5.11 Å². The molecule has 0 aliphatic carbocycles. The summed E-state index contributed by atoms with van der Waals surface area (Å²) in [6, 6.07) is -0.805. The summed E-state index contributed by atoms with van der Waals surface area (Å²) >= 11 is 0. The van der Waals surface area contributed by atoms with Crippen LogP contribution >= 0.6 is 0 Å². The summed E-state index contributed by atoms with van der Waals surface area (Å²) in [7, 11) is 0. The van der Waals surface area contributed by atoms with Crippen LogP contribution in [0.25, 0.3) is 0 Å². The Hall–Kier alpha value is -1.30. The molecule has 0 bridgehead atoms. The number of carboxylic acid groups (broad SMARTS) is 1. The fourth-order valence-corrected chi connectivity index (χ4v) is 2.59. The Morgan fingerprint density at radius 1 is 1.30 bits per heavy atom. The first kappa shape index (κ1) is 16.8. The highest BCUT2D eigenvalue weighted by molar-refractivity contribution is 5.82. The third kappa shape index (κ3) is 5.00. The van der Waals surface area contributed by atoms with Gasteiger partial charge in [0, 0.05) is 12.6 Å². The Morgan fingerprint density at radius 2 is 1.95 bits per heavy atom. The molecule has 0 aromatic carbocycles. The van der Waals surface area contributed by atoms with E-state index in [1.165, 1.54) is 0 Å². The second-order valence-corrected chi connectivity index (χ2v) is 5.30. The molecule has 1 aliphatic rings. The van der Waals surface area contributed by atoms with E-state index in [0.717, 1.165) is 38.8 Å². The van der Waals surface area contributed by atoms with Crippen LogP contribution in [0.15, 0.2) is 0 Å². The molecule has 0 radical (unpaired) electrons. The molecule has 1 fully saturated rings. The number of nitrogens with one attached hydrogen (secondary N) is 2. The van der Waals surface area contributed by atoms with Crippen molar-refractivity contribution in [3.05, 3.63) is 0 Å². The first-order chi connectivity index (χ1) is 9.60. The molecule has 0 spiro atoms. The average molecular weight is 285 g/mol. The molecule has 1 atom stereocenters. The smallest absolute Gasteiger partial charge is 0.326 e. The van der Waals surface area contributed by atoms with Crippen LogP contribution in [0.1, 0.15) is 46.0 Å². The number of aliphatic carboxylic acids is 1. The lowest BCUT2D eigenvalue weighted by Crippen LogP contribution is -2.53. The molecule has 6 nitrogen and oxygen atoms in total. The van der Waals surface area contributed by atoms with Crippen LogP contribution in [-0.2, 0) is 4.79 Å². The zero-order valence-electron chi connectivity index (χ0n) is 12.5. The quantitative estimate of drug-likeness (QED) is 0.660. The van der Waals surface area contributed by atoms with Gasteiger partial charge in [-0.15, -0.1) is 0 Å². The minimum atomic E-state index is -0.957. The van der Waals surface area contributed by atoms with Crippen LogP contribution < -0.4 is 10.6 Å². The van der Waals surface area contributed by atoms with Crippen molar-refractivity contribution in [1.82, 2.24) is 15.5 Å². The monoisotopic (exact) mass is 285 g/mol. The largest absolute Gasteiger partial charge is 0.480 e. The molecule has 0 saturated carbocycles. The molecule has 1 heterocycles. The number of hydrogen-bond donors (Lipinski definition) is 3. The SMILES string of the molecule is CCCC(NC(=O)N(CCC)C1CCNCC1)C(=O)O. The summed E-state index contributed by atoms with van der Waals surface area (Å²) in [5.74, 6) is -0.957. The first-order valence-electron chi connectivity index (χ1n) is 7.60. The van der Waals surface area contributed by atoms with Gasteiger partial charge in [-0.25, -0.2) is 9.59 Å². The Balaban J connectivity index is 2.64. The third-order valence-corrected chi connectivity index (χ3v) is 3.65. The molecule has 3 N–H and O–H groups in total. The van der Waals surface area contributed by atoms with E-state index in [9.17, 15) is 9.59 Å². The second-order valence-electron chi connectivity index (χ2n) is 5.30. The maximum absolute atomic E-state index is 12.4. The van der Waals surface area contributed by atoms with E-state index in [0.29, 0.717) is 13.0 Å². The summed E-state index contributed by atoms with van der Waals surface area (Å²) in [6.07, 6.45) is 3.94. The van der Waals surface area contributed by atoms with Gasteiger partial charge in [-0.1, -0.05) is 20.3 Å². The van der Waals surface area contributed by atoms with Gasteiger partial charge in [0.15, 0.2) is 0 Å². The fraction of sp³-hybridized carbons (Fsp3) is 0.857. The summed E-state index contributed by atoms with van der Waals surface area (Å²) in [4.78, 5) is 25.3. The summed E-state index contributed by atoms with van der Waals surface area (Å²) in [5, 5.41) is 15.1. The van der Waals surface area contributed by atoms with Crippen molar-refractivity contribution in [2.75, 3.05) is 19.6 Å². The number of carbonyl (C=O) groups is 2. The van der Waals surface area contributed by atoms with E-state index >= 15 is 0 Å². The van der Waals surface area contributed by atoms with Gasteiger partial charge < -0.3 is 20.6 Å². The number of hydrogen-bond acceptors (Lipinski definition) is 3. The predicted octanol–water partition coefficient (Wildman–Crippen LogP) is 1.41. The van der Waals surface area contributed by atoms with Crippen LogP contribution in [0.5, 0.6) is 0 Å². The Kier molecular flexibility index (Phi) is 7.36. The van der Waals surface area contributed by atoms with E-state index in [-0.39, 0.29) is 12.1 Å². The van der Waals surface area contributed by atoms with Crippen LogP contribution in [-0.4, -0.2) is 53.7 Å². The van der Waals surface area contributed by atoms with Crippen molar-refractivity contribution in [2.45, 2.75) is 58.0 Å². The minimum absolute atomic E-state index is 0.215. The Morgan fingerprint density at radius 3 is 2.45 bits per heavy atom. The molecule has 1 rings (SSSR count). The molecule has 1 unspecified atom stereocenters. The molecular weight excluding hydrogens is 258 g/mol. The molecular formula is C14H27N3O3. The zero-order valence-corrected chi connectivity index (χ0v) is 12.5. The van der Waals surface area contributed by atoms with Crippen LogP contribution in [0.3, 0.4) is 0 Å². The number of amides is 2. The molecule has 116 valence electrons. The van der Waals surface area contributed by atoms with Gasteiger partial charge >= 0.3 is 12.0 Å². The maximum atomic E-state index is 12.4. The van der Waals surface area contributed by atoms with Crippen molar-refractivity contribution in [1.29, 1.82) is 0 Å². The molecule has 0 aromatic heterocycles. The number of nitrogens with zero attached hydrogens (tertiary/aromatic N) is 1. The molecule has 20 heavy (non-hydrogen) atoms. The van der Waals surface area contributed by atoms with E-state index < -0.39 is 12.0 Å². The highest BCUT2D eigenvalue weighted by atomic mass is 16.4. The van der Waals surface area contributed by atoms with Gasteiger partial charge in [0.1, 0.15) is 6.04 Å². The average Bonchev–Trinajstić information content (AvgIpc) is 2.45. The van der Waals surface area contributed by atoms with Gasteiger partial charge in [-0.3, -0.25) is 0 Å². The zero-order chi connectivity index (χ0) is 15.0. The van der Waals surface area contributed by atoms with Crippen molar-refractivity contribution >= 4 is 12.0 Å². The minimum Gasteiger partial charge on any atom is -0.480 e. The molecule has 1 aliphatic heterocycles. The van der Waals surface area contributed by atoms with Crippen LogP contribution in [0.4, 0.5) is 4.79 Å². The standard InChI is InChI=1S/C14H27N3O3/c1-3-5-12(13(18)19)16-14(20)17(10-4-2)11-6-8-15-9-7-11/h11-12,15H,3-10H2,1-2H3,(H,16,20)(H,18,19). The van der Waals surface area contributed by atoms with Gasteiger partial charge in [0.05, 0.1) is 0 Å². The molecule has 0 aromatic rings. The van der Waals surface area contributed by atoms with Crippen LogP contribution in [0, 0.1) is 0 Å². The first-order valence-corrected chi connectivity index (χ1v) is 7.60. The van der Waals surface area contributed by atoms with Gasteiger partial charge in [-0.2, -0.15) is 0 Å². The highest BCUT2D eigenvalue weighted by Crippen LogP contribution is 2.13. The molecule has 6 heteroatoms. The Bertz CT molecular complexity index is 317. The number of carbonyl (C=O) groups excluding carboxylic acids is 1. The number of rotatable bonds is 7. The summed E-state index contributed by atoms with van der Waals surface area (Å²) < 4.78 is 0.